The van der Waals surface area contributed by atoms with Gasteiger partial charge in [-0.05, 0) is 31.9 Å². The molecule has 26 heavy (non-hydrogen) atoms. The van der Waals surface area contributed by atoms with Crippen LogP contribution in [0.1, 0.15) is 18.5 Å². The van der Waals surface area contributed by atoms with Gasteiger partial charge in [0.05, 0.1) is 24.1 Å². The van der Waals surface area contributed by atoms with Crippen molar-refractivity contribution in [1.82, 2.24) is 14.7 Å². The number of hydrogen-bond donors (Lipinski definition) is 2. The van der Waals surface area contributed by atoms with Crippen LogP contribution in [0.4, 0.5) is 5.69 Å². The Bertz CT molecular complexity index is 736. The topological polar surface area (TPSA) is 79.6 Å². The Morgan fingerprint density at radius 3 is 2.62 bits per heavy atom. The van der Waals surface area contributed by atoms with Crippen molar-refractivity contribution in [2.45, 2.75) is 25.4 Å². The monoisotopic (exact) mass is 358 g/mol. The number of amides is 1. The first kappa shape index (κ1) is 18.4. The number of aromatic nitrogens is 2. The number of nitrogens with one attached hydrogen (secondary N) is 1. The van der Waals surface area contributed by atoms with Crippen molar-refractivity contribution in [1.29, 1.82) is 0 Å². The third kappa shape index (κ3) is 4.62. The first-order valence-electron chi connectivity index (χ1n) is 8.86. The molecule has 0 aliphatic carbocycles. The standard InChI is InChI=1S/C19H26N4O3/c1-15-17(12-20-22(15)2)21-18(24)13-23-10-8-19(25,9-11-23)14-26-16-6-4-3-5-7-16/h3-7,12,25H,8-11,13-14H2,1-2H3,(H,21,24). The number of piperidine rings is 1. The van der Waals surface area contributed by atoms with E-state index in [0.717, 1.165) is 17.1 Å². The van der Waals surface area contributed by atoms with Crippen LogP contribution in [0.2, 0.25) is 0 Å². The Balaban J connectivity index is 1.44. The lowest BCUT2D eigenvalue weighted by molar-refractivity contribution is -0.119. The molecular formula is C19H26N4O3. The number of ether oxygens (including phenoxy) is 1. The van der Waals surface area contributed by atoms with Gasteiger partial charge in [0.15, 0.2) is 0 Å². The van der Waals surface area contributed by atoms with Crippen molar-refractivity contribution in [3.63, 3.8) is 0 Å². The van der Waals surface area contributed by atoms with Gasteiger partial charge in [-0.15, -0.1) is 0 Å². The number of para-hydroxylation sites is 1. The molecule has 2 aromatic rings. The Hall–Kier alpha value is -2.38. The summed E-state index contributed by atoms with van der Waals surface area (Å²) in [6.07, 6.45) is 2.82. The molecule has 1 amide bonds. The minimum Gasteiger partial charge on any atom is -0.491 e. The van der Waals surface area contributed by atoms with E-state index in [1.54, 1.807) is 10.9 Å². The second-order valence-corrected chi connectivity index (χ2v) is 6.92. The summed E-state index contributed by atoms with van der Waals surface area (Å²) in [5.41, 5.74) is 0.814. The molecule has 2 N–H and O–H groups in total. The first-order chi connectivity index (χ1) is 12.5. The number of likely N-dealkylation sites (tertiary alicyclic amines) is 1. The molecule has 2 heterocycles. The minimum atomic E-state index is -0.844. The van der Waals surface area contributed by atoms with Crippen LogP contribution < -0.4 is 10.1 Å². The van der Waals surface area contributed by atoms with E-state index in [0.29, 0.717) is 32.5 Å². The van der Waals surface area contributed by atoms with Crippen LogP contribution >= 0.6 is 0 Å². The van der Waals surface area contributed by atoms with E-state index in [-0.39, 0.29) is 12.5 Å². The van der Waals surface area contributed by atoms with Gasteiger partial charge in [-0.1, -0.05) is 18.2 Å². The lowest BCUT2D eigenvalue weighted by Gasteiger charge is -2.37. The summed E-state index contributed by atoms with van der Waals surface area (Å²) in [7, 11) is 1.84. The maximum absolute atomic E-state index is 12.2. The highest BCUT2D eigenvalue weighted by atomic mass is 16.5. The van der Waals surface area contributed by atoms with E-state index in [9.17, 15) is 9.90 Å². The van der Waals surface area contributed by atoms with E-state index in [2.05, 4.69) is 15.3 Å². The van der Waals surface area contributed by atoms with Gasteiger partial charge < -0.3 is 15.2 Å². The van der Waals surface area contributed by atoms with Crippen molar-refractivity contribution >= 4 is 11.6 Å². The molecule has 7 nitrogen and oxygen atoms in total. The minimum absolute atomic E-state index is 0.0629. The summed E-state index contributed by atoms with van der Waals surface area (Å²) in [5.74, 6) is 0.696. The molecule has 140 valence electrons. The second-order valence-electron chi connectivity index (χ2n) is 6.92. The quantitative estimate of drug-likeness (QED) is 0.819. The highest BCUT2D eigenvalue weighted by Gasteiger charge is 2.33. The molecular weight excluding hydrogens is 332 g/mol. The number of rotatable bonds is 6. The van der Waals surface area contributed by atoms with Crippen LogP contribution in [0.15, 0.2) is 36.5 Å². The molecule has 1 aliphatic rings. The van der Waals surface area contributed by atoms with Crippen LogP contribution in [-0.2, 0) is 11.8 Å². The number of carbonyl (C=O) groups is 1. The van der Waals surface area contributed by atoms with E-state index >= 15 is 0 Å². The van der Waals surface area contributed by atoms with Crippen molar-refractivity contribution in [3.05, 3.63) is 42.2 Å². The van der Waals surface area contributed by atoms with Gasteiger partial charge in [0.25, 0.3) is 0 Å². The molecule has 0 bridgehead atoms. The molecule has 3 rings (SSSR count). The highest BCUT2D eigenvalue weighted by Crippen LogP contribution is 2.24. The summed E-state index contributed by atoms with van der Waals surface area (Å²) in [4.78, 5) is 14.3. The zero-order valence-electron chi connectivity index (χ0n) is 15.3. The summed E-state index contributed by atoms with van der Waals surface area (Å²) < 4.78 is 7.43. The van der Waals surface area contributed by atoms with E-state index in [1.807, 2.05) is 44.3 Å². The largest absolute Gasteiger partial charge is 0.491 e. The Morgan fingerprint density at radius 2 is 2.00 bits per heavy atom. The van der Waals surface area contributed by atoms with E-state index in [1.165, 1.54) is 0 Å². The molecule has 0 unspecified atom stereocenters. The predicted octanol–water partition coefficient (Wildman–Crippen LogP) is 1.57. The van der Waals surface area contributed by atoms with E-state index in [4.69, 9.17) is 4.74 Å². The van der Waals surface area contributed by atoms with Crippen LogP contribution in [0.3, 0.4) is 0 Å². The number of benzene rings is 1. The van der Waals surface area contributed by atoms with Crippen molar-refractivity contribution in [2.75, 3.05) is 31.6 Å². The molecule has 1 aliphatic heterocycles. The SMILES string of the molecule is Cc1c(NC(=O)CN2CCC(O)(COc3ccccc3)CC2)cnn1C. The smallest absolute Gasteiger partial charge is 0.238 e. The van der Waals surface area contributed by atoms with Gasteiger partial charge in [-0.2, -0.15) is 5.10 Å². The number of anilines is 1. The average molecular weight is 358 g/mol. The van der Waals surface area contributed by atoms with Crippen LogP contribution in [0.25, 0.3) is 0 Å². The maximum atomic E-state index is 12.2. The van der Waals surface area contributed by atoms with Gasteiger partial charge >= 0.3 is 0 Å². The third-order valence-corrected chi connectivity index (χ3v) is 4.91. The van der Waals surface area contributed by atoms with Gasteiger partial charge in [-0.3, -0.25) is 14.4 Å². The maximum Gasteiger partial charge on any atom is 0.238 e. The van der Waals surface area contributed by atoms with Gasteiger partial charge in [0.2, 0.25) is 5.91 Å². The van der Waals surface area contributed by atoms with Crippen molar-refractivity contribution in [2.24, 2.45) is 7.05 Å². The Kier molecular flexibility index (Phi) is 5.58. The normalized spacial score (nSPS) is 17.0. The molecule has 0 saturated carbocycles. The summed E-state index contributed by atoms with van der Waals surface area (Å²) in [6, 6.07) is 9.50. The summed E-state index contributed by atoms with van der Waals surface area (Å²) in [5, 5.41) is 17.7. The average Bonchev–Trinajstić information content (AvgIpc) is 2.95. The van der Waals surface area contributed by atoms with Crippen molar-refractivity contribution < 1.29 is 14.6 Å². The molecule has 7 heteroatoms. The second kappa shape index (κ2) is 7.88. The van der Waals surface area contributed by atoms with Gasteiger partial charge in [0.1, 0.15) is 18.0 Å². The van der Waals surface area contributed by atoms with E-state index < -0.39 is 5.60 Å². The zero-order chi connectivity index (χ0) is 18.6. The number of carbonyl (C=O) groups excluding carboxylic acids is 1. The Labute approximate surface area is 153 Å². The fraction of sp³-hybridized carbons (Fsp3) is 0.474. The number of aryl methyl sites for hydroxylation is 1. The molecule has 0 atom stereocenters. The predicted molar refractivity (Wildman–Crippen MR) is 99.1 cm³/mol. The molecule has 0 spiro atoms. The van der Waals surface area contributed by atoms with Gasteiger partial charge in [0, 0.05) is 20.1 Å². The molecule has 1 saturated heterocycles. The van der Waals surface area contributed by atoms with Crippen molar-refractivity contribution in [3.8, 4) is 5.75 Å². The number of nitrogens with zero attached hydrogens (tertiary/aromatic N) is 3. The first-order valence-corrected chi connectivity index (χ1v) is 8.86. The van der Waals surface area contributed by atoms with Crippen LogP contribution in [-0.4, -0.2) is 57.5 Å². The lowest BCUT2D eigenvalue weighted by Crippen LogP contribution is -2.49. The number of hydrogen-bond acceptors (Lipinski definition) is 5. The molecule has 1 aromatic carbocycles. The summed E-state index contributed by atoms with van der Waals surface area (Å²) in [6.45, 7) is 3.81. The Morgan fingerprint density at radius 1 is 1.31 bits per heavy atom. The number of aliphatic hydroxyl groups is 1. The molecule has 1 aromatic heterocycles. The zero-order valence-corrected chi connectivity index (χ0v) is 15.3. The lowest BCUT2D eigenvalue weighted by atomic mass is 9.92. The molecule has 1 fully saturated rings. The van der Waals surface area contributed by atoms with Crippen LogP contribution in [0.5, 0.6) is 5.75 Å². The van der Waals surface area contributed by atoms with Crippen LogP contribution in [0, 0.1) is 6.92 Å². The fourth-order valence-electron chi connectivity index (χ4n) is 3.02. The van der Waals surface area contributed by atoms with Gasteiger partial charge in [-0.25, -0.2) is 0 Å². The third-order valence-electron chi connectivity index (χ3n) is 4.91. The molecule has 0 radical (unpaired) electrons. The summed E-state index contributed by atoms with van der Waals surface area (Å²) >= 11 is 0. The highest BCUT2D eigenvalue weighted by molar-refractivity contribution is 5.92. The fourth-order valence-corrected chi connectivity index (χ4v) is 3.02.